The lowest BCUT2D eigenvalue weighted by molar-refractivity contribution is -0.176. The van der Waals surface area contributed by atoms with Crippen molar-refractivity contribution in [3.63, 3.8) is 0 Å². The van der Waals surface area contributed by atoms with Crippen LogP contribution in [0.4, 0.5) is 0 Å². The van der Waals surface area contributed by atoms with E-state index in [4.69, 9.17) is 18.9 Å². The van der Waals surface area contributed by atoms with Gasteiger partial charge in [-0.2, -0.15) is 5.10 Å². The van der Waals surface area contributed by atoms with E-state index in [1.807, 2.05) is 79.8 Å². The van der Waals surface area contributed by atoms with Crippen LogP contribution in [0.25, 0.3) is 0 Å². The molecule has 1 fully saturated rings. The fourth-order valence-electron chi connectivity index (χ4n) is 8.88. The maximum absolute atomic E-state index is 14.9. The Balaban J connectivity index is 1.85. The van der Waals surface area contributed by atoms with Crippen LogP contribution >= 0.6 is 0 Å². The fourth-order valence-corrected chi connectivity index (χ4v) is 8.88. The van der Waals surface area contributed by atoms with E-state index in [0.29, 0.717) is 17.7 Å². The zero-order chi connectivity index (χ0) is 55.1. The number of likely N-dealkylation sites (N-methyl/N-ethyl adjacent to an activating group) is 4. The van der Waals surface area contributed by atoms with Crippen LogP contribution in [0.2, 0.25) is 0 Å². The molecule has 0 spiro atoms. The molecular weight excluding hydrogens is 949 g/mol. The number of carbonyl (C=O) groups excluding carboxylic acids is 8. The van der Waals surface area contributed by atoms with Crippen molar-refractivity contribution in [3.05, 3.63) is 89.7 Å². The Morgan fingerprint density at radius 3 is 1.09 bits per heavy atom. The van der Waals surface area contributed by atoms with Crippen molar-refractivity contribution in [2.75, 3.05) is 28.2 Å². The third kappa shape index (κ3) is 17.0. The van der Waals surface area contributed by atoms with Crippen molar-refractivity contribution in [2.45, 2.75) is 163 Å². The molecule has 1 aliphatic heterocycles. The third-order valence-corrected chi connectivity index (χ3v) is 13.1. The summed E-state index contributed by atoms with van der Waals surface area (Å²) in [6, 6.07) is 13.0. The minimum Gasteiger partial charge on any atom is -0.451 e. The van der Waals surface area contributed by atoms with Gasteiger partial charge in [-0.15, -0.1) is 0 Å². The number of carbonyl (C=O) groups is 8. The largest absolute Gasteiger partial charge is 0.451 e. The van der Waals surface area contributed by atoms with E-state index in [1.165, 1.54) is 42.0 Å². The number of hydrogen-bond acceptors (Lipinski definition) is 13. The fraction of sp³-hybridized carbons (Fsp3) is 0.589. The summed E-state index contributed by atoms with van der Waals surface area (Å²) in [6.07, 6.45) is -2.24. The van der Waals surface area contributed by atoms with Crippen LogP contribution in [0.15, 0.2) is 73.1 Å². The molecule has 8 atom stereocenters. The highest BCUT2D eigenvalue weighted by molar-refractivity contribution is 5.94. The molecular formula is C56H80N6O12. The van der Waals surface area contributed by atoms with Crippen molar-refractivity contribution in [1.29, 1.82) is 0 Å². The first-order chi connectivity index (χ1) is 34.8. The molecule has 18 nitrogen and oxygen atoms in total. The van der Waals surface area contributed by atoms with Crippen LogP contribution in [0.1, 0.15) is 112 Å². The highest BCUT2D eigenvalue weighted by Gasteiger charge is 2.43. The van der Waals surface area contributed by atoms with Gasteiger partial charge in [0.05, 0.1) is 6.54 Å². The van der Waals surface area contributed by atoms with E-state index >= 15 is 0 Å². The quantitative estimate of drug-likeness (QED) is 0.136. The van der Waals surface area contributed by atoms with Crippen molar-refractivity contribution in [1.82, 2.24) is 29.4 Å². The average Bonchev–Trinajstić information content (AvgIpc) is 3.86. The molecule has 4 rings (SSSR count). The molecule has 1 aliphatic rings. The smallest absolute Gasteiger partial charge is 0.329 e. The molecule has 3 aromatic rings. The normalized spacial score (nSPS) is 24.1. The first kappa shape index (κ1) is 60.0. The third-order valence-electron chi connectivity index (χ3n) is 13.1. The summed E-state index contributed by atoms with van der Waals surface area (Å²) in [6.45, 7) is 18.0. The first-order valence-electron chi connectivity index (χ1n) is 25.8. The molecule has 18 heteroatoms. The van der Waals surface area contributed by atoms with Gasteiger partial charge in [-0.05, 0) is 86.0 Å². The Morgan fingerprint density at radius 2 is 0.757 bits per heavy atom. The Labute approximate surface area is 437 Å². The second-order valence-corrected chi connectivity index (χ2v) is 21.3. The summed E-state index contributed by atoms with van der Waals surface area (Å²) in [5.41, 5.74) is 2.19. The zero-order valence-electron chi connectivity index (χ0n) is 45.9. The molecule has 0 N–H and O–H groups in total. The summed E-state index contributed by atoms with van der Waals surface area (Å²) in [4.78, 5) is 121. The maximum atomic E-state index is 14.9. The lowest BCUT2D eigenvalue weighted by atomic mass is 9.99. The predicted octanol–water partition coefficient (Wildman–Crippen LogP) is 5.91. The van der Waals surface area contributed by atoms with Gasteiger partial charge in [0.25, 0.3) is 23.6 Å². The van der Waals surface area contributed by atoms with Crippen molar-refractivity contribution in [3.8, 4) is 0 Å². The Bertz CT molecular complexity index is 2340. The summed E-state index contributed by atoms with van der Waals surface area (Å²) >= 11 is 0. The van der Waals surface area contributed by atoms with Crippen LogP contribution in [-0.2, 0) is 76.7 Å². The number of nitrogens with zero attached hydrogens (tertiary/aromatic N) is 6. The second-order valence-electron chi connectivity index (χ2n) is 21.3. The Morgan fingerprint density at radius 1 is 0.432 bits per heavy atom. The van der Waals surface area contributed by atoms with Gasteiger partial charge in [-0.1, -0.05) is 110 Å². The van der Waals surface area contributed by atoms with Gasteiger partial charge < -0.3 is 38.5 Å². The van der Waals surface area contributed by atoms with E-state index in [1.54, 1.807) is 53.3 Å². The van der Waals surface area contributed by atoms with Crippen LogP contribution in [0.5, 0.6) is 0 Å². The van der Waals surface area contributed by atoms with E-state index < -0.39 is 96.1 Å². The first-order valence-corrected chi connectivity index (χ1v) is 25.8. The molecule has 0 aliphatic carbocycles. The van der Waals surface area contributed by atoms with Gasteiger partial charge in [0, 0.05) is 53.4 Å². The molecule has 2 unspecified atom stereocenters. The number of aromatic nitrogens is 2. The van der Waals surface area contributed by atoms with Gasteiger partial charge in [-0.25, -0.2) is 19.2 Å². The molecule has 4 amide bonds. The number of esters is 4. The summed E-state index contributed by atoms with van der Waals surface area (Å²) < 4.78 is 25.7. The number of ether oxygens (including phenoxy) is 4. The average molecular weight is 1030 g/mol. The molecule has 0 saturated carbocycles. The molecule has 1 saturated heterocycles. The lowest BCUT2D eigenvalue weighted by Crippen LogP contribution is -2.55. The molecule has 0 bridgehead atoms. The summed E-state index contributed by atoms with van der Waals surface area (Å²) in [5.74, 6) is -7.27. The number of amides is 4. The number of hydrogen-bond donors (Lipinski definition) is 0. The van der Waals surface area contributed by atoms with Crippen LogP contribution in [-0.4, -0.2) is 154 Å². The van der Waals surface area contributed by atoms with Crippen molar-refractivity contribution >= 4 is 47.5 Å². The molecule has 2 heterocycles. The zero-order valence-corrected chi connectivity index (χ0v) is 45.9. The van der Waals surface area contributed by atoms with E-state index in [0.717, 1.165) is 25.2 Å². The monoisotopic (exact) mass is 1030 g/mol. The van der Waals surface area contributed by atoms with E-state index in [9.17, 15) is 38.4 Å². The maximum Gasteiger partial charge on any atom is 0.329 e. The second kappa shape index (κ2) is 27.6. The van der Waals surface area contributed by atoms with Crippen LogP contribution in [0.3, 0.4) is 0 Å². The lowest BCUT2D eigenvalue weighted by Gasteiger charge is -2.35. The van der Waals surface area contributed by atoms with Crippen molar-refractivity contribution in [2.24, 2.45) is 23.7 Å². The van der Waals surface area contributed by atoms with Gasteiger partial charge in [-0.3, -0.25) is 23.9 Å². The van der Waals surface area contributed by atoms with Gasteiger partial charge in [0.1, 0.15) is 24.2 Å². The van der Waals surface area contributed by atoms with Crippen LogP contribution < -0.4 is 0 Å². The van der Waals surface area contributed by atoms with Gasteiger partial charge in [0.2, 0.25) is 0 Å². The molecule has 406 valence electrons. The topological polar surface area (TPSA) is 204 Å². The van der Waals surface area contributed by atoms with Crippen LogP contribution in [0, 0.1) is 23.7 Å². The molecule has 74 heavy (non-hydrogen) atoms. The highest BCUT2D eigenvalue weighted by Crippen LogP contribution is 2.24. The Kier molecular flexibility index (Phi) is 22.4. The molecule has 0 radical (unpaired) electrons. The Hall–Kier alpha value is -6.59. The summed E-state index contributed by atoms with van der Waals surface area (Å²) in [5, 5.41) is 4.27. The summed E-state index contributed by atoms with van der Waals surface area (Å²) in [7, 11) is 5.57. The van der Waals surface area contributed by atoms with E-state index in [2.05, 4.69) is 5.10 Å². The minimum absolute atomic E-state index is 0.0876. The molecule has 1 aromatic heterocycles. The van der Waals surface area contributed by atoms with Gasteiger partial charge >= 0.3 is 23.9 Å². The molecule has 2 aromatic carbocycles. The number of benzene rings is 2. The minimum atomic E-state index is -1.52. The van der Waals surface area contributed by atoms with E-state index in [-0.39, 0.29) is 62.2 Å². The predicted molar refractivity (Wildman–Crippen MR) is 277 cm³/mol. The number of rotatable bonds is 14. The standard InChI is InChI=1S/C56H80N6O12/c1-34(2)27-43-53(67)71-39(10)50(64)59(12)46(30-37(7)8)56(70)74-48(32-41-21-23-42(24-22-41)33-62-26-18-25-57-62)52(66)61(14)44(28-35(3)4)54(68)72-38(9)49(63)58(11)45(29-36(5)6)55(69)73-47(51(65)60(43)13)31-40-19-16-15-17-20-40/h15-26,34-39,43-48H,27-33H2,1-14H3/t38-,39-,43?,44+,45?,46+,47-,48-/m1/s1. The van der Waals surface area contributed by atoms with Crippen molar-refractivity contribution < 1.29 is 57.3 Å². The highest BCUT2D eigenvalue weighted by atomic mass is 16.6. The number of cyclic esters (lactones) is 4. The SMILES string of the molecule is CC(C)CC1C(=O)O[C@H](Cc2ccccc2)C(=O)N(C)C(CC(C)C)C(=O)O[C@H](C)C(=O)N(C)[C@@H](CC(C)C)C(=O)O[C@H](Cc2ccc(Cn3cccn3)cc2)C(=O)N(C)[C@@H](CC(C)C)C(=O)O[C@H](C)C(=O)N1C. The van der Waals surface area contributed by atoms with Gasteiger partial charge in [0.15, 0.2) is 24.4 Å².